The van der Waals surface area contributed by atoms with Crippen LogP contribution >= 0.6 is 0 Å². The first kappa shape index (κ1) is 19.5. The fourth-order valence-corrected chi connectivity index (χ4v) is 2.50. The molecule has 1 amide bonds. The van der Waals surface area contributed by atoms with Crippen molar-refractivity contribution in [3.8, 4) is 0 Å². The van der Waals surface area contributed by atoms with Crippen LogP contribution in [0.5, 0.6) is 0 Å². The van der Waals surface area contributed by atoms with Crippen LogP contribution < -0.4 is 10.6 Å². The highest BCUT2D eigenvalue weighted by molar-refractivity contribution is 5.94. The first-order valence-electron chi connectivity index (χ1n) is 8.81. The van der Waals surface area contributed by atoms with Crippen LogP contribution in [-0.2, 0) is 20.0 Å². The van der Waals surface area contributed by atoms with Gasteiger partial charge in [0.2, 0.25) is 0 Å². The Balaban J connectivity index is 1.92. The molecule has 0 bridgehead atoms. The van der Waals surface area contributed by atoms with Gasteiger partial charge in [-0.05, 0) is 37.1 Å². The number of benzene rings is 1. The van der Waals surface area contributed by atoms with Crippen LogP contribution in [0, 0.1) is 0 Å². The monoisotopic (exact) mass is 356 g/mol. The lowest BCUT2D eigenvalue weighted by Gasteiger charge is -2.13. The summed E-state index contributed by atoms with van der Waals surface area (Å²) in [5.74, 6) is 0.792. The van der Waals surface area contributed by atoms with Gasteiger partial charge in [-0.25, -0.2) is 4.99 Å². The number of carbonyl (C=O) groups excluding carboxylic acids is 1. The van der Waals surface area contributed by atoms with Gasteiger partial charge in [-0.3, -0.25) is 9.48 Å². The number of aliphatic imine (C=N–C) groups is 1. The average molecular weight is 356 g/mol. The molecule has 0 unspecified atom stereocenters. The summed E-state index contributed by atoms with van der Waals surface area (Å²) in [5, 5.41) is 10.7. The molecular formula is C19H28N6O. The number of nitrogens with one attached hydrogen (secondary N) is 2. The lowest BCUT2D eigenvalue weighted by molar-refractivity contribution is 0.0827. The zero-order valence-corrected chi connectivity index (χ0v) is 16.0. The van der Waals surface area contributed by atoms with E-state index in [1.165, 1.54) is 0 Å². The quantitative estimate of drug-likeness (QED) is 0.581. The second-order valence-electron chi connectivity index (χ2n) is 6.22. The third-order valence-electron chi connectivity index (χ3n) is 3.95. The van der Waals surface area contributed by atoms with Crippen molar-refractivity contribution in [3.05, 3.63) is 53.3 Å². The van der Waals surface area contributed by atoms with Crippen molar-refractivity contribution in [1.82, 2.24) is 25.3 Å². The Bertz CT molecular complexity index is 750. The van der Waals surface area contributed by atoms with Gasteiger partial charge in [-0.1, -0.05) is 12.1 Å². The van der Waals surface area contributed by atoms with Crippen LogP contribution in [0.4, 0.5) is 0 Å². The lowest BCUT2D eigenvalue weighted by atomic mass is 10.1. The van der Waals surface area contributed by atoms with Gasteiger partial charge < -0.3 is 15.5 Å². The molecule has 7 nitrogen and oxygen atoms in total. The first-order chi connectivity index (χ1) is 12.5. The number of guanidine groups is 1. The third-order valence-corrected chi connectivity index (χ3v) is 3.95. The molecule has 0 atom stereocenters. The Hall–Kier alpha value is -2.83. The minimum absolute atomic E-state index is 0.0193. The molecule has 26 heavy (non-hydrogen) atoms. The zero-order valence-electron chi connectivity index (χ0n) is 16.0. The van der Waals surface area contributed by atoms with Gasteiger partial charge in [-0.2, -0.15) is 5.10 Å². The normalized spacial score (nSPS) is 11.3. The van der Waals surface area contributed by atoms with Crippen LogP contribution in [0.1, 0.15) is 28.5 Å². The van der Waals surface area contributed by atoms with Gasteiger partial charge in [0.15, 0.2) is 5.96 Å². The SMILES string of the molecule is CCNC(=NCc1ccnn1C)NCCc1cccc(C(=O)N(C)C)c1. The third kappa shape index (κ3) is 5.61. The molecule has 0 radical (unpaired) electrons. The maximum absolute atomic E-state index is 12.1. The van der Waals surface area contributed by atoms with Crippen molar-refractivity contribution in [2.45, 2.75) is 19.9 Å². The molecule has 0 spiro atoms. The van der Waals surface area contributed by atoms with Crippen LogP contribution in [0.25, 0.3) is 0 Å². The van der Waals surface area contributed by atoms with Crippen LogP contribution in [0.3, 0.4) is 0 Å². The van der Waals surface area contributed by atoms with Gasteiger partial charge in [0.1, 0.15) is 0 Å². The van der Waals surface area contributed by atoms with Gasteiger partial charge >= 0.3 is 0 Å². The van der Waals surface area contributed by atoms with Crippen LogP contribution in [0.2, 0.25) is 0 Å². The van der Waals surface area contributed by atoms with Crippen molar-refractivity contribution in [1.29, 1.82) is 0 Å². The molecule has 2 N–H and O–H groups in total. The Morgan fingerprint density at radius 3 is 2.73 bits per heavy atom. The molecule has 1 aromatic heterocycles. The summed E-state index contributed by atoms with van der Waals surface area (Å²) >= 11 is 0. The van der Waals surface area contributed by atoms with Gasteiger partial charge in [0.25, 0.3) is 5.91 Å². The van der Waals surface area contributed by atoms with E-state index < -0.39 is 0 Å². The van der Waals surface area contributed by atoms with E-state index >= 15 is 0 Å². The summed E-state index contributed by atoms with van der Waals surface area (Å²) in [6, 6.07) is 9.71. The number of hydrogen-bond acceptors (Lipinski definition) is 3. The maximum atomic E-state index is 12.1. The molecule has 0 saturated carbocycles. The van der Waals surface area contributed by atoms with E-state index in [1.807, 2.05) is 49.0 Å². The standard InChI is InChI=1S/C19H28N6O/c1-5-20-19(22-14-17-10-12-23-25(17)4)21-11-9-15-7-6-8-16(13-15)18(26)24(2)3/h6-8,10,12-13H,5,9,11,14H2,1-4H3,(H2,20,21,22). The molecule has 0 saturated heterocycles. The molecule has 7 heteroatoms. The number of aromatic nitrogens is 2. The lowest BCUT2D eigenvalue weighted by Crippen LogP contribution is -2.38. The average Bonchev–Trinajstić information content (AvgIpc) is 3.04. The van der Waals surface area contributed by atoms with E-state index in [0.717, 1.165) is 36.7 Å². The van der Waals surface area contributed by atoms with E-state index in [-0.39, 0.29) is 5.91 Å². The van der Waals surface area contributed by atoms with Crippen LogP contribution in [-0.4, -0.2) is 53.7 Å². The number of aryl methyl sites for hydroxylation is 1. The van der Waals surface area contributed by atoms with E-state index in [9.17, 15) is 4.79 Å². The second-order valence-corrected chi connectivity index (χ2v) is 6.22. The number of rotatable bonds is 7. The molecular weight excluding hydrogens is 328 g/mol. The summed E-state index contributed by atoms with van der Waals surface area (Å²) in [5.41, 5.74) is 2.88. The Kier molecular flexibility index (Phi) is 7.20. The molecule has 2 rings (SSSR count). The molecule has 1 heterocycles. The fraction of sp³-hybridized carbons (Fsp3) is 0.421. The van der Waals surface area contributed by atoms with E-state index in [2.05, 4.69) is 20.7 Å². The Morgan fingerprint density at radius 1 is 1.27 bits per heavy atom. The van der Waals surface area contributed by atoms with Crippen molar-refractivity contribution in [3.63, 3.8) is 0 Å². The smallest absolute Gasteiger partial charge is 0.253 e. The maximum Gasteiger partial charge on any atom is 0.253 e. The Morgan fingerprint density at radius 2 is 2.08 bits per heavy atom. The minimum atomic E-state index is 0.0193. The predicted octanol–water partition coefficient (Wildman–Crippen LogP) is 1.42. The number of amides is 1. The molecule has 0 aliphatic carbocycles. The summed E-state index contributed by atoms with van der Waals surface area (Å²) in [7, 11) is 5.43. The topological polar surface area (TPSA) is 74.5 Å². The van der Waals surface area contributed by atoms with Crippen molar-refractivity contribution < 1.29 is 4.79 Å². The first-order valence-corrected chi connectivity index (χ1v) is 8.81. The molecule has 0 fully saturated rings. The summed E-state index contributed by atoms with van der Waals surface area (Å²) in [6.45, 7) is 4.14. The van der Waals surface area contributed by atoms with E-state index in [0.29, 0.717) is 12.1 Å². The van der Waals surface area contributed by atoms with Crippen LogP contribution in [0.15, 0.2) is 41.5 Å². The second kappa shape index (κ2) is 9.60. The zero-order chi connectivity index (χ0) is 18.9. The molecule has 1 aromatic carbocycles. The highest BCUT2D eigenvalue weighted by Crippen LogP contribution is 2.07. The van der Waals surface area contributed by atoms with Gasteiger partial charge in [0.05, 0.1) is 12.2 Å². The van der Waals surface area contributed by atoms with Crippen molar-refractivity contribution in [2.24, 2.45) is 12.0 Å². The summed E-state index contributed by atoms with van der Waals surface area (Å²) in [4.78, 5) is 18.2. The number of hydrogen-bond donors (Lipinski definition) is 2. The minimum Gasteiger partial charge on any atom is -0.357 e. The van der Waals surface area contributed by atoms with E-state index in [1.54, 1.807) is 25.2 Å². The molecule has 0 aliphatic rings. The van der Waals surface area contributed by atoms with Crippen molar-refractivity contribution >= 4 is 11.9 Å². The number of nitrogens with zero attached hydrogens (tertiary/aromatic N) is 4. The highest BCUT2D eigenvalue weighted by atomic mass is 16.2. The van der Waals surface area contributed by atoms with Gasteiger partial charge in [-0.15, -0.1) is 0 Å². The molecule has 0 aliphatic heterocycles. The fourth-order valence-electron chi connectivity index (χ4n) is 2.50. The summed E-state index contributed by atoms with van der Waals surface area (Å²) in [6.07, 6.45) is 2.58. The van der Waals surface area contributed by atoms with Crippen molar-refractivity contribution in [2.75, 3.05) is 27.2 Å². The molecule has 2 aromatic rings. The highest BCUT2D eigenvalue weighted by Gasteiger charge is 2.08. The van der Waals surface area contributed by atoms with E-state index in [4.69, 9.17) is 0 Å². The summed E-state index contributed by atoms with van der Waals surface area (Å²) < 4.78 is 1.82. The predicted molar refractivity (Wildman–Crippen MR) is 104 cm³/mol. The Labute approximate surface area is 155 Å². The molecule has 140 valence electrons. The van der Waals surface area contributed by atoms with Gasteiger partial charge in [0, 0.05) is 46.0 Å². The number of carbonyl (C=O) groups is 1. The largest absolute Gasteiger partial charge is 0.357 e.